The Labute approximate surface area is 165 Å². The predicted octanol–water partition coefficient (Wildman–Crippen LogP) is 4.73. The lowest BCUT2D eigenvalue weighted by Gasteiger charge is -2.27. The van der Waals surface area contributed by atoms with Crippen molar-refractivity contribution in [1.82, 2.24) is 5.06 Å². The number of hydroxylamine groups is 2. The maximum absolute atomic E-state index is 10.9. The van der Waals surface area contributed by atoms with Crippen LogP contribution < -0.4 is 0 Å². The number of allylic oxidation sites excluding steroid dienone is 2. The molecule has 2 rings (SSSR count). The van der Waals surface area contributed by atoms with Gasteiger partial charge in [0.25, 0.3) is 0 Å². The quantitative estimate of drug-likeness (QED) is 0.204. The Balaban J connectivity index is 1.61. The average molecular weight is 382 g/mol. The van der Waals surface area contributed by atoms with Crippen LogP contribution in [0.15, 0.2) is 12.2 Å². The number of amides is 1. The van der Waals surface area contributed by atoms with Gasteiger partial charge in [0.2, 0.25) is 5.91 Å². The van der Waals surface area contributed by atoms with Crippen LogP contribution in [-0.2, 0) is 14.3 Å². The van der Waals surface area contributed by atoms with Crippen molar-refractivity contribution < 1.29 is 19.5 Å². The summed E-state index contributed by atoms with van der Waals surface area (Å²) in [4.78, 5) is 10.9. The first-order chi connectivity index (χ1) is 13.1. The zero-order valence-electron chi connectivity index (χ0n) is 17.3. The van der Waals surface area contributed by atoms with E-state index in [9.17, 15) is 10.0 Å². The summed E-state index contributed by atoms with van der Waals surface area (Å²) < 4.78 is 12.1. The van der Waals surface area contributed by atoms with Gasteiger partial charge in [0.15, 0.2) is 0 Å². The van der Waals surface area contributed by atoms with Crippen molar-refractivity contribution in [3.05, 3.63) is 12.2 Å². The number of rotatable bonds is 14. The molecule has 2 bridgehead atoms. The molecule has 0 unspecified atom stereocenters. The minimum absolute atomic E-state index is 0.291. The van der Waals surface area contributed by atoms with Crippen molar-refractivity contribution in [3.8, 4) is 0 Å². The first kappa shape index (κ1) is 22.4. The third-order valence-electron chi connectivity index (χ3n) is 5.97. The van der Waals surface area contributed by atoms with E-state index in [1.54, 1.807) is 0 Å². The van der Waals surface area contributed by atoms with Crippen LogP contribution in [0.25, 0.3) is 0 Å². The second-order valence-electron chi connectivity index (χ2n) is 8.10. The van der Waals surface area contributed by atoms with Gasteiger partial charge in [-0.15, -0.1) is 0 Å². The molecule has 0 spiro atoms. The summed E-state index contributed by atoms with van der Waals surface area (Å²) in [6.07, 6.45) is 16.7. The van der Waals surface area contributed by atoms with Gasteiger partial charge in [0, 0.05) is 26.0 Å². The highest BCUT2D eigenvalue weighted by molar-refractivity contribution is 5.71. The number of hydrogen-bond donors (Lipinski definition) is 1. The van der Waals surface area contributed by atoms with Crippen molar-refractivity contribution >= 4 is 5.91 Å². The van der Waals surface area contributed by atoms with Crippen molar-refractivity contribution in [1.29, 1.82) is 0 Å². The summed E-state index contributed by atoms with van der Waals surface area (Å²) in [5.74, 6) is 0.861. The predicted molar refractivity (Wildman–Crippen MR) is 107 cm³/mol. The Morgan fingerprint density at radius 2 is 1.89 bits per heavy atom. The Bertz CT molecular complexity index is 454. The van der Waals surface area contributed by atoms with Gasteiger partial charge in [-0.25, -0.2) is 5.06 Å². The Morgan fingerprint density at radius 3 is 2.63 bits per heavy atom. The Hall–Kier alpha value is -0.910. The number of fused-ring (bicyclic) bond motifs is 2. The smallest absolute Gasteiger partial charge is 0.242 e. The molecule has 2 fully saturated rings. The van der Waals surface area contributed by atoms with E-state index in [0.717, 1.165) is 44.0 Å². The molecule has 4 atom stereocenters. The van der Waals surface area contributed by atoms with Gasteiger partial charge in [0.05, 0.1) is 18.8 Å². The standard InChI is InChI=1S/C22H39NO4/c1-3-4-5-11-16-26-17-20-19(21-13-14-22(20)27-21)12-9-7-6-8-10-15-23(25)18(2)24/h7,9,19-22,25H,3-6,8,10-17H2,1-2H3/t19-,20+,21-,22+/m1/s1. The topological polar surface area (TPSA) is 59.0 Å². The molecule has 2 heterocycles. The Kier molecular flexibility index (Phi) is 10.4. The molecule has 1 N–H and O–H groups in total. The van der Waals surface area contributed by atoms with E-state index in [4.69, 9.17) is 9.47 Å². The average Bonchev–Trinajstić information content (AvgIpc) is 3.25. The van der Waals surface area contributed by atoms with Crippen LogP contribution >= 0.6 is 0 Å². The largest absolute Gasteiger partial charge is 0.381 e. The molecule has 156 valence electrons. The number of nitrogens with zero attached hydrogens (tertiary/aromatic N) is 1. The fourth-order valence-electron chi connectivity index (χ4n) is 4.33. The molecule has 2 saturated heterocycles. The van der Waals surface area contributed by atoms with Gasteiger partial charge in [0.1, 0.15) is 0 Å². The van der Waals surface area contributed by atoms with Crippen LogP contribution in [0.2, 0.25) is 0 Å². The third-order valence-corrected chi connectivity index (χ3v) is 5.97. The van der Waals surface area contributed by atoms with E-state index in [1.807, 2.05) is 0 Å². The summed E-state index contributed by atoms with van der Waals surface area (Å²) in [6, 6.07) is 0. The van der Waals surface area contributed by atoms with Crippen molar-refractivity contribution in [2.24, 2.45) is 11.8 Å². The lowest BCUT2D eigenvalue weighted by Crippen LogP contribution is -2.30. The maximum Gasteiger partial charge on any atom is 0.242 e. The fourth-order valence-corrected chi connectivity index (χ4v) is 4.33. The number of hydrogen-bond acceptors (Lipinski definition) is 4. The van der Waals surface area contributed by atoms with Gasteiger partial charge in [-0.2, -0.15) is 0 Å². The first-order valence-corrected chi connectivity index (χ1v) is 11.0. The second kappa shape index (κ2) is 12.5. The van der Waals surface area contributed by atoms with Crippen molar-refractivity contribution in [3.63, 3.8) is 0 Å². The maximum atomic E-state index is 10.9. The molecule has 0 aromatic carbocycles. The summed E-state index contributed by atoms with van der Waals surface area (Å²) >= 11 is 0. The van der Waals surface area contributed by atoms with Gasteiger partial charge in [-0.1, -0.05) is 38.3 Å². The highest BCUT2D eigenvalue weighted by atomic mass is 16.5. The molecule has 5 nitrogen and oxygen atoms in total. The molecule has 2 aliphatic rings. The molecule has 2 aliphatic heterocycles. The second-order valence-corrected chi connectivity index (χ2v) is 8.10. The SMILES string of the molecule is CCCCCCOC[C@H]1[C@@H](CC=CCCCCN(O)C(C)=O)[C@H]2CC[C@@H]1O2. The zero-order valence-corrected chi connectivity index (χ0v) is 17.3. The summed E-state index contributed by atoms with van der Waals surface area (Å²) in [7, 11) is 0. The summed E-state index contributed by atoms with van der Waals surface area (Å²) in [5.41, 5.74) is 0. The third kappa shape index (κ3) is 7.55. The summed E-state index contributed by atoms with van der Waals surface area (Å²) in [5, 5.41) is 10.1. The van der Waals surface area contributed by atoms with Gasteiger partial charge >= 0.3 is 0 Å². The zero-order chi connectivity index (χ0) is 19.5. The van der Waals surface area contributed by atoms with Crippen LogP contribution in [0.1, 0.15) is 78.1 Å². The van der Waals surface area contributed by atoms with Crippen LogP contribution in [0, 0.1) is 11.8 Å². The molecular weight excluding hydrogens is 342 g/mol. The highest BCUT2D eigenvalue weighted by Gasteiger charge is 2.48. The molecule has 27 heavy (non-hydrogen) atoms. The van der Waals surface area contributed by atoms with E-state index in [1.165, 1.54) is 45.4 Å². The first-order valence-electron chi connectivity index (χ1n) is 11.0. The lowest BCUT2D eigenvalue weighted by atomic mass is 9.78. The minimum Gasteiger partial charge on any atom is -0.381 e. The van der Waals surface area contributed by atoms with E-state index in [-0.39, 0.29) is 5.91 Å². The van der Waals surface area contributed by atoms with E-state index in [2.05, 4.69) is 19.1 Å². The number of carbonyl (C=O) groups excluding carboxylic acids is 1. The van der Waals surface area contributed by atoms with Crippen molar-refractivity contribution in [2.75, 3.05) is 19.8 Å². The van der Waals surface area contributed by atoms with Gasteiger partial charge in [-0.05, 0) is 50.9 Å². The molecule has 0 aromatic heterocycles. The normalized spacial score (nSPS) is 26.9. The summed E-state index contributed by atoms with van der Waals surface area (Å²) in [6.45, 7) is 5.77. The fraction of sp³-hybridized carbons (Fsp3) is 0.864. The van der Waals surface area contributed by atoms with Crippen LogP contribution in [0.4, 0.5) is 0 Å². The lowest BCUT2D eigenvalue weighted by molar-refractivity contribution is -0.162. The van der Waals surface area contributed by atoms with E-state index in [0.29, 0.717) is 30.6 Å². The molecule has 0 saturated carbocycles. The number of unbranched alkanes of at least 4 members (excludes halogenated alkanes) is 5. The van der Waals surface area contributed by atoms with E-state index < -0.39 is 0 Å². The monoisotopic (exact) mass is 381 g/mol. The van der Waals surface area contributed by atoms with Crippen molar-refractivity contribution in [2.45, 2.75) is 90.3 Å². The number of ether oxygens (including phenoxy) is 2. The number of carbonyl (C=O) groups is 1. The highest BCUT2D eigenvalue weighted by Crippen LogP contribution is 2.45. The van der Waals surface area contributed by atoms with Gasteiger partial charge < -0.3 is 9.47 Å². The van der Waals surface area contributed by atoms with Crippen LogP contribution in [-0.4, -0.2) is 48.1 Å². The molecule has 0 radical (unpaired) electrons. The molecule has 1 amide bonds. The molecule has 5 heteroatoms. The minimum atomic E-state index is -0.291. The van der Waals surface area contributed by atoms with E-state index >= 15 is 0 Å². The van der Waals surface area contributed by atoms with Crippen LogP contribution in [0.3, 0.4) is 0 Å². The molecular formula is C22H39NO4. The van der Waals surface area contributed by atoms with Crippen LogP contribution in [0.5, 0.6) is 0 Å². The van der Waals surface area contributed by atoms with Gasteiger partial charge in [-0.3, -0.25) is 10.0 Å². The molecule has 0 aliphatic carbocycles. The Morgan fingerprint density at radius 1 is 1.11 bits per heavy atom. The molecule has 0 aromatic rings.